The van der Waals surface area contributed by atoms with Crippen LogP contribution in [0.2, 0.25) is 0 Å². The van der Waals surface area contributed by atoms with Crippen molar-refractivity contribution in [2.75, 3.05) is 0 Å². The Morgan fingerprint density at radius 2 is 2.36 bits per heavy atom. The summed E-state index contributed by atoms with van der Waals surface area (Å²) >= 11 is 4.47. The molecule has 0 aliphatic rings. The maximum Gasteiger partial charge on any atom is 0.419 e. The number of nitrogens with zero attached hydrogens (tertiary/aromatic N) is 2. The number of fused-ring (bicyclic) bond motifs is 1. The highest BCUT2D eigenvalue weighted by Gasteiger charge is 2.05. The van der Waals surface area contributed by atoms with Crippen LogP contribution in [0.1, 0.15) is 0 Å². The van der Waals surface area contributed by atoms with Crippen molar-refractivity contribution in [1.82, 2.24) is 4.57 Å². The third-order valence-electron chi connectivity index (χ3n) is 1.95. The molecule has 0 bridgehead atoms. The topological polar surface area (TPSA) is 47.5 Å². The minimum atomic E-state index is -0.386. The zero-order valence-corrected chi connectivity index (χ0v) is 8.17. The molecule has 0 radical (unpaired) electrons. The first-order valence-electron chi connectivity index (χ1n) is 3.90. The van der Waals surface area contributed by atoms with Crippen molar-refractivity contribution in [3.8, 4) is 0 Å². The van der Waals surface area contributed by atoms with Gasteiger partial charge in [0.1, 0.15) is 0 Å². The lowest BCUT2D eigenvalue weighted by Crippen LogP contribution is -2.08. The van der Waals surface area contributed by atoms with Crippen molar-refractivity contribution < 1.29 is 4.42 Å². The number of oxazole rings is 1. The predicted molar refractivity (Wildman–Crippen MR) is 56.1 cm³/mol. The van der Waals surface area contributed by atoms with E-state index in [9.17, 15) is 4.79 Å². The number of aromatic nitrogens is 1. The van der Waals surface area contributed by atoms with Crippen molar-refractivity contribution in [2.24, 2.45) is 12.0 Å². The van der Waals surface area contributed by atoms with Crippen LogP contribution in [-0.4, -0.2) is 9.73 Å². The smallest absolute Gasteiger partial charge is 0.408 e. The molecule has 0 saturated carbocycles. The molecule has 0 atom stereocenters. The van der Waals surface area contributed by atoms with E-state index in [1.54, 1.807) is 25.2 Å². The third-order valence-corrected chi connectivity index (χ3v) is 2.04. The molecular weight excluding hydrogens is 200 g/mol. The van der Waals surface area contributed by atoms with Gasteiger partial charge in [-0.3, -0.25) is 4.57 Å². The third kappa shape index (κ3) is 1.28. The van der Waals surface area contributed by atoms with Gasteiger partial charge in [0.05, 0.1) is 16.4 Å². The largest absolute Gasteiger partial charge is 0.419 e. The monoisotopic (exact) mass is 206 g/mol. The fourth-order valence-corrected chi connectivity index (χ4v) is 1.35. The molecule has 0 spiro atoms. The molecule has 2 aromatic rings. The quantitative estimate of drug-likeness (QED) is 0.528. The maximum atomic E-state index is 11.1. The standard InChI is InChI=1S/C9H6N2O2S/c1-11-7-3-2-6(10-5-14)4-8(7)13-9(11)12/h2-4H,1H3. The van der Waals surface area contributed by atoms with Gasteiger partial charge in [-0.25, -0.2) is 4.79 Å². The van der Waals surface area contributed by atoms with Gasteiger partial charge in [-0.15, -0.1) is 0 Å². The molecule has 0 aliphatic heterocycles. The second kappa shape index (κ2) is 3.21. The molecule has 70 valence electrons. The summed E-state index contributed by atoms with van der Waals surface area (Å²) in [5.41, 5.74) is 1.86. The highest BCUT2D eigenvalue weighted by molar-refractivity contribution is 7.78. The Morgan fingerprint density at radius 3 is 3.07 bits per heavy atom. The van der Waals surface area contributed by atoms with Crippen LogP contribution in [0.5, 0.6) is 0 Å². The SMILES string of the molecule is Cn1c(=O)oc2cc(N=C=S)ccc21. The van der Waals surface area contributed by atoms with Crippen LogP contribution in [0.3, 0.4) is 0 Å². The van der Waals surface area contributed by atoms with E-state index in [4.69, 9.17) is 4.42 Å². The molecule has 0 saturated heterocycles. The van der Waals surface area contributed by atoms with Crippen molar-refractivity contribution >= 4 is 34.2 Å². The average molecular weight is 206 g/mol. The van der Waals surface area contributed by atoms with Gasteiger partial charge in [-0.2, -0.15) is 4.99 Å². The molecule has 0 unspecified atom stereocenters. The number of hydrogen-bond acceptors (Lipinski definition) is 4. The van der Waals surface area contributed by atoms with Gasteiger partial charge in [-0.05, 0) is 24.4 Å². The first-order chi connectivity index (χ1) is 6.72. The number of aliphatic imine (C=N–C) groups is 1. The summed E-state index contributed by atoms with van der Waals surface area (Å²) < 4.78 is 6.40. The van der Waals surface area contributed by atoms with Crippen LogP contribution in [0.25, 0.3) is 11.1 Å². The van der Waals surface area contributed by atoms with Crippen LogP contribution in [0, 0.1) is 0 Å². The van der Waals surface area contributed by atoms with Gasteiger partial charge in [0.25, 0.3) is 0 Å². The second-order valence-electron chi connectivity index (χ2n) is 2.78. The fourth-order valence-electron chi connectivity index (χ4n) is 1.24. The van der Waals surface area contributed by atoms with E-state index in [1.807, 2.05) is 0 Å². The maximum absolute atomic E-state index is 11.1. The molecule has 14 heavy (non-hydrogen) atoms. The highest BCUT2D eigenvalue weighted by Crippen LogP contribution is 2.19. The van der Waals surface area contributed by atoms with E-state index < -0.39 is 0 Å². The first-order valence-corrected chi connectivity index (χ1v) is 4.30. The Morgan fingerprint density at radius 1 is 1.57 bits per heavy atom. The minimum absolute atomic E-state index is 0.386. The first kappa shape index (κ1) is 8.87. The van der Waals surface area contributed by atoms with E-state index in [2.05, 4.69) is 22.4 Å². The summed E-state index contributed by atoms with van der Waals surface area (Å²) in [5, 5.41) is 2.25. The second-order valence-corrected chi connectivity index (χ2v) is 2.96. The molecular formula is C9H6N2O2S. The lowest BCUT2D eigenvalue weighted by molar-refractivity contribution is 0.528. The van der Waals surface area contributed by atoms with E-state index in [-0.39, 0.29) is 5.76 Å². The lowest BCUT2D eigenvalue weighted by atomic mass is 10.3. The number of isothiocyanates is 1. The van der Waals surface area contributed by atoms with E-state index >= 15 is 0 Å². The molecule has 1 aromatic carbocycles. The van der Waals surface area contributed by atoms with Crippen molar-refractivity contribution in [1.29, 1.82) is 0 Å². The van der Waals surface area contributed by atoms with Crippen molar-refractivity contribution in [3.63, 3.8) is 0 Å². The summed E-state index contributed by atoms with van der Waals surface area (Å²) in [4.78, 5) is 14.9. The highest BCUT2D eigenvalue weighted by atomic mass is 32.1. The van der Waals surface area contributed by atoms with Crippen LogP contribution in [0.4, 0.5) is 5.69 Å². The minimum Gasteiger partial charge on any atom is -0.408 e. The molecule has 4 nitrogen and oxygen atoms in total. The normalized spacial score (nSPS) is 10.1. The van der Waals surface area contributed by atoms with Gasteiger partial charge < -0.3 is 4.42 Å². The summed E-state index contributed by atoms with van der Waals surface area (Å²) in [6, 6.07) is 5.15. The molecule has 0 aliphatic carbocycles. The van der Waals surface area contributed by atoms with Gasteiger partial charge in [0.15, 0.2) is 5.58 Å². The molecule has 1 heterocycles. The Balaban J connectivity index is 2.79. The molecule has 1 aromatic heterocycles. The molecule has 5 heteroatoms. The van der Waals surface area contributed by atoms with Crippen molar-refractivity contribution in [2.45, 2.75) is 0 Å². The number of benzene rings is 1. The summed E-state index contributed by atoms with van der Waals surface area (Å²) in [6.45, 7) is 0. The Bertz CT molecular complexity index is 590. The Labute approximate surface area is 84.5 Å². The van der Waals surface area contributed by atoms with Gasteiger partial charge >= 0.3 is 5.76 Å². The fraction of sp³-hybridized carbons (Fsp3) is 0.111. The molecule has 0 N–H and O–H groups in total. The van der Waals surface area contributed by atoms with Gasteiger partial charge in [0, 0.05) is 13.1 Å². The Hall–Kier alpha value is -1.71. The number of thiocarbonyl (C=S) groups is 1. The zero-order valence-electron chi connectivity index (χ0n) is 7.35. The predicted octanol–water partition coefficient (Wildman–Crippen LogP) is 1.87. The Kier molecular flexibility index (Phi) is 2.04. The average Bonchev–Trinajstić information content (AvgIpc) is 2.43. The van der Waals surface area contributed by atoms with E-state index in [0.29, 0.717) is 11.3 Å². The van der Waals surface area contributed by atoms with E-state index in [0.717, 1.165) is 5.52 Å². The van der Waals surface area contributed by atoms with Gasteiger partial charge in [-0.1, -0.05) is 0 Å². The lowest BCUT2D eigenvalue weighted by Gasteiger charge is -1.91. The number of hydrogen-bond donors (Lipinski definition) is 0. The van der Waals surface area contributed by atoms with Crippen LogP contribution >= 0.6 is 12.2 Å². The molecule has 0 fully saturated rings. The summed E-state index contributed by atoms with van der Waals surface area (Å²) in [5.74, 6) is -0.386. The number of aryl methyl sites for hydroxylation is 1. The summed E-state index contributed by atoms with van der Waals surface area (Å²) in [6.07, 6.45) is 0. The van der Waals surface area contributed by atoms with Crippen molar-refractivity contribution in [3.05, 3.63) is 28.7 Å². The summed E-state index contributed by atoms with van der Waals surface area (Å²) in [7, 11) is 1.65. The van der Waals surface area contributed by atoms with Crippen LogP contribution < -0.4 is 5.76 Å². The van der Waals surface area contributed by atoms with Crippen LogP contribution in [0.15, 0.2) is 32.4 Å². The van der Waals surface area contributed by atoms with Crippen LogP contribution in [-0.2, 0) is 7.05 Å². The van der Waals surface area contributed by atoms with Gasteiger partial charge in [0.2, 0.25) is 0 Å². The zero-order chi connectivity index (χ0) is 10.1. The molecule has 0 amide bonds. The van der Waals surface area contributed by atoms with E-state index in [1.165, 1.54) is 4.57 Å². The molecule has 2 rings (SSSR count). The number of rotatable bonds is 1.